The molecule has 7 heteroatoms. The average Bonchev–Trinajstić information content (AvgIpc) is 1.98. The lowest BCUT2D eigenvalue weighted by Gasteiger charge is -2.13. The fourth-order valence-electron chi connectivity index (χ4n) is 0.341. The topological polar surface area (TPSA) is 18.8 Å². The molecule has 1 heterocycles. The maximum atomic E-state index is 3.97. The van der Waals surface area contributed by atoms with E-state index in [-0.39, 0.29) is 4.95 Å². The Labute approximate surface area is 86.3 Å². The molecule has 9 heavy (non-hydrogen) atoms. The van der Waals surface area contributed by atoms with Gasteiger partial charge in [0, 0.05) is 16.1 Å². The molecule has 1 unspecified atom stereocenters. The lowest BCUT2D eigenvalue weighted by Crippen LogP contribution is -2.23. The zero-order valence-corrected chi connectivity index (χ0v) is 10.3. The molecule has 1 rings (SSSR count). The number of halogens is 4. The number of hydrazine groups is 1. The lowest BCUT2D eigenvalue weighted by atomic mass is 10.8. The first-order valence-corrected chi connectivity index (χ1v) is 5.04. The first-order chi connectivity index (χ1) is 4.13. The second kappa shape index (κ2) is 3.17. The lowest BCUT2D eigenvalue weighted by molar-refractivity contribution is 0.277. The molecule has 0 radical (unpaired) electrons. The zero-order valence-electron chi connectivity index (χ0n) is 3.93. The van der Waals surface area contributed by atoms with Crippen LogP contribution in [-0.4, -0.2) is 17.8 Å². The predicted molar refractivity (Wildman–Crippen MR) is 50.6 cm³/mol. The van der Waals surface area contributed by atoms with E-state index >= 15 is 0 Å². The summed E-state index contributed by atoms with van der Waals surface area (Å²) in [4.78, 5) is 0.0666. The van der Waals surface area contributed by atoms with Crippen LogP contribution in [0.2, 0.25) is 0 Å². The van der Waals surface area contributed by atoms with Gasteiger partial charge in [-0.25, -0.2) is 0 Å². The third-order valence-corrected chi connectivity index (χ3v) is 4.93. The van der Waals surface area contributed by atoms with E-state index in [1.165, 1.54) is 4.14 Å². The van der Waals surface area contributed by atoms with Crippen molar-refractivity contribution in [3.05, 3.63) is 0 Å². The highest BCUT2D eigenvalue weighted by Gasteiger charge is 2.28. The van der Waals surface area contributed by atoms with Gasteiger partial charge >= 0.3 is 0 Å². The summed E-state index contributed by atoms with van der Waals surface area (Å²) in [5.41, 5.74) is 0. The summed E-state index contributed by atoms with van der Waals surface area (Å²) in [6, 6.07) is 0. The van der Waals surface area contributed by atoms with Crippen molar-refractivity contribution >= 4 is 68.8 Å². The molecule has 0 N–H and O–H groups in total. The Morgan fingerprint density at radius 2 is 2.00 bits per heavy atom. The SMILES string of the molecule is BrC1=NN(Br)N(Br)C1Br. The van der Waals surface area contributed by atoms with Gasteiger partial charge in [-0.1, -0.05) is 15.9 Å². The van der Waals surface area contributed by atoms with Gasteiger partial charge in [0.1, 0.15) is 9.57 Å². The van der Waals surface area contributed by atoms with Crippen LogP contribution >= 0.6 is 64.2 Å². The van der Waals surface area contributed by atoms with Crippen LogP contribution in [-0.2, 0) is 0 Å². The second-order valence-electron chi connectivity index (χ2n) is 1.29. The van der Waals surface area contributed by atoms with Crippen LogP contribution in [0.1, 0.15) is 0 Å². The summed E-state index contributed by atoms with van der Waals surface area (Å²) in [5.74, 6) is 0. The maximum absolute atomic E-state index is 3.97. The predicted octanol–water partition coefficient (Wildman–Crippen LogP) is 2.57. The summed E-state index contributed by atoms with van der Waals surface area (Å²) in [5, 5.41) is 3.97. The van der Waals surface area contributed by atoms with Gasteiger partial charge in [-0.3, -0.25) is 0 Å². The van der Waals surface area contributed by atoms with Crippen molar-refractivity contribution in [3.63, 3.8) is 0 Å². The first kappa shape index (κ1) is 8.45. The molecule has 0 saturated heterocycles. The highest BCUT2D eigenvalue weighted by Crippen LogP contribution is 2.29. The van der Waals surface area contributed by atoms with E-state index in [4.69, 9.17) is 0 Å². The third kappa shape index (κ3) is 1.68. The molecule has 0 aliphatic carbocycles. The second-order valence-corrected chi connectivity index (χ2v) is 4.33. The molecule has 0 aromatic rings. The van der Waals surface area contributed by atoms with Crippen molar-refractivity contribution in [1.29, 1.82) is 0 Å². The molecular weight excluding hydrogens is 386 g/mol. The molecule has 0 saturated carbocycles. The minimum Gasteiger partial charge on any atom is -0.145 e. The fourth-order valence-corrected chi connectivity index (χ4v) is 2.30. The minimum absolute atomic E-state index is 0.0666. The van der Waals surface area contributed by atoms with Crippen LogP contribution in [0.3, 0.4) is 0 Å². The minimum atomic E-state index is 0.0666. The van der Waals surface area contributed by atoms with E-state index in [0.717, 1.165) is 4.62 Å². The van der Waals surface area contributed by atoms with E-state index in [0.29, 0.717) is 0 Å². The zero-order chi connectivity index (χ0) is 7.02. The van der Waals surface area contributed by atoms with Crippen LogP contribution in [0, 0.1) is 0 Å². The Morgan fingerprint density at radius 3 is 2.11 bits per heavy atom. The fraction of sp³-hybridized carbons (Fsp3) is 0.500. The Hall–Kier alpha value is 1.35. The van der Waals surface area contributed by atoms with Crippen LogP contribution in [0.4, 0.5) is 0 Å². The number of hydrazone groups is 1. The van der Waals surface area contributed by atoms with Crippen molar-refractivity contribution in [2.24, 2.45) is 5.10 Å². The third-order valence-electron chi connectivity index (χ3n) is 0.719. The number of hydrogen-bond acceptors (Lipinski definition) is 3. The first-order valence-electron chi connectivity index (χ1n) is 1.92. The molecule has 0 amide bonds. The Balaban J connectivity index is 2.70. The smallest absolute Gasteiger partial charge is 0.145 e. The molecular formula is C2HBr4N3. The number of hydrogen-bond donors (Lipinski definition) is 0. The maximum Gasteiger partial charge on any atom is 0.149 e. The Morgan fingerprint density at radius 1 is 1.44 bits per heavy atom. The molecule has 0 aromatic heterocycles. The van der Waals surface area contributed by atoms with Crippen molar-refractivity contribution in [2.75, 3.05) is 0 Å². The van der Waals surface area contributed by atoms with E-state index in [1.54, 1.807) is 4.03 Å². The van der Waals surface area contributed by atoms with Crippen molar-refractivity contribution in [2.45, 2.75) is 4.95 Å². The van der Waals surface area contributed by atoms with Crippen molar-refractivity contribution in [3.8, 4) is 0 Å². The molecule has 0 spiro atoms. The number of nitrogens with zero attached hydrogens (tertiary/aromatic N) is 3. The van der Waals surface area contributed by atoms with Crippen molar-refractivity contribution in [1.82, 2.24) is 8.18 Å². The summed E-state index contributed by atoms with van der Waals surface area (Å²) >= 11 is 13.0. The Kier molecular flexibility index (Phi) is 2.97. The van der Waals surface area contributed by atoms with E-state index in [2.05, 4.69) is 69.3 Å². The van der Waals surface area contributed by atoms with Gasteiger partial charge in [-0.2, -0.15) is 0 Å². The molecule has 1 atom stereocenters. The number of alkyl halides is 1. The quantitative estimate of drug-likeness (QED) is 0.362. The molecule has 1 aliphatic heterocycles. The highest BCUT2D eigenvalue weighted by atomic mass is 79.9. The van der Waals surface area contributed by atoms with Gasteiger partial charge in [-0.05, 0) is 15.9 Å². The van der Waals surface area contributed by atoms with Crippen LogP contribution < -0.4 is 0 Å². The highest BCUT2D eigenvalue weighted by molar-refractivity contribution is 9.20. The van der Waals surface area contributed by atoms with Crippen LogP contribution in [0.15, 0.2) is 5.10 Å². The average molecular weight is 387 g/mol. The monoisotopic (exact) mass is 383 g/mol. The molecule has 1 aliphatic rings. The largest absolute Gasteiger partial charge is 0.149 e. The van der Waals surface area contributed by atoms with Crippen LogP contribution in [0.25, 0.3) is 0 Å². The molecule has 3 nitrogen and oxygen atoms in total. The number of rotatable bonds is 0. The van der Waals surface area contributed by atoms with E-state index < -0.39 is 0 Å². The van der Waals surface area contributed by atoms with Gasteiger partial charge in [0.15, 0.2) is 0 Å². The normalized spacial score (nSPS) is 29.1. The van der Waals surface area contributed by atoms with Crippen molar-refractivity contribution < 1.29 is 0 Å². The van der Waals surface area contributed by atoms with Gasteiger partial charge in [0.25, 0.3) is 0 Å². The molecule has 0 fully saturated rings. The standard InChI is InChI=1S/C2HBr4N3/c3-1-2(4)8(5)9(6)7-1/h2H. The summed E-state index contributed by atoms with van der Waals surface area (Å²) < 4.78 is 4.00. The summed E-state index contributed by atoms with van der Waals surface area (Å²) in [6.07, 6.45) is 0. The molecule has 0 aromatic carbocycles. The molecule has 0 bridgehead atoms. The van der Waals surface area contributed by atoms with E-state index in [1.807, 2.05) is 0 Å². The van der Waals surface area contributed by atoms with Crippen LogP contribution in [0.5, 0.6) is 0 Å². The van der Waals surface area contributed by atoms with E-state index in [9.17, 15) is 0 Å². The summed E-state index contributed by atoms with van der Waals surface area (Å²) in [7, 11) is 0. The summed E-state index contributed by atoms with van der Waals surface area (Å²) in [6.45, 7) is 0. The van der Waals surface area contributed by atoms with Gasteiger partial charge < -0.3 is 0 Å². The van der Waals surface area contributed by atoms with Gasteiger partial charge in [0.2, 0.25) is 0 Å². The van der Waals surface area contributed by atoms with Gasteiger partial charge in [0.05, 0.1) is 16.1 Å². The van der Waals surface area contributed by atoms with Gasteiger partial charge in [-0.15, -0.1) is 13.3 Å². The Bertz CT molecular complexity index is 147. The molecule has 52 valence electrons.